The number of hydrogen-bond acceptors (Lipinski definition) is 4. The first kappa shape index (κ1) is 7.74. The lowest BCUT2D eigenvalue weighted by Gasteiger charge is -1.96. The van der Waals surface area contributed by atoms with E-state index >= 15 is 0 Å². The molecule has 5 nitrogen and oxygen atoms in total. The molecular weight excluding hydrogens is 148 g/mol. The number of nitrogens with one attached hydrogen (secondary N) is 1. The average Bonchev–Trinajstić information content (AvgIpc) is 2.52. The summed E-state index contributed by atoms with van der Waals surface area (Å²) in [6.45, 7) is 0.148. The molecule has 0 radical (unpaired) electrons. The minimum atomic E-state index is -0.340. The van der Waals surface area contributed by atoms with Crippen LogP contribution in [0.2, 0.25) is 0 Å². The maximum Gasteiger partial charge on any atom is 0.273 e. The van der Waals surface area contributed by atoms with E-state index in [1.54, 1.807) is 0 Å². The molecule has 0 fully saturated rings. The number of aliphatic hydroxyl groups is 1. The first-order valence-electron chi connectivity index (χ1n) is 3.14. The number of nitrogens with zero attached hydrogens (tertiary/aromatic N) is 1. The smallest absolute Gasteiger partial charge is 0.273 e. The van der Waals surface area contributed by atoms with Crippen molar-refractivity contribution in [1.29, 1.82) is 0 Å². The molecule has 60 valence electrons. The van der Waals surface area contributed by atoms with Gasteiger partial charge in [-0.2, -0.15) is 0 Å². The summed E-state index contributed by atoms with van der Waals surface area (Å²) in [7, 11) is 0. The van der Waals surface area contributed by atoms with Crippen molar-refractivity contribution in [1.82, 2.24) is 10.5 Å². The normalized spacial score (nSPS) is 9.55. The number of aromatic nitrogens is 1. The zero-order valence-electron chi connectivity index (χ0n) is 5.78. The molecule has 0 aromatic carbocycles. The Kier molecular flexibility index (Phi) is 2.62. The van der Waals surface area contributed by atoms with E-state index in [2.05, 4.69) is 15.0 Å². The van der Waals surface area contributed by atoms with E-state index in [0.717, 1.165) is 0 Å². The van der Waals surface area contributed by atoms with Crippen LogP contribution < -0.4 is 5.32 Å². The molecule has 0 saturated carbocycles. The Bertz CT molecular complexity index is 220. The number of carbonyl (C=O) groups excluding carboxylic acids is 1. The molecule has 1 aromatic heterocycles. The SMILES string of the molecule is O=C(NCCO)c1ccon1. The van der Waals surface area contributed by atoms with Crippen LogP contribution in [0.1, 0.15) is 10.5 Å². The summed E-state index contributed by atoms with van der Waals surface area (Å²) >= 11 is 0. The maximum absolute atomic E-state index is 10.9. The predicted molar refractivity (Wildman–Crippen MR) is 35.9 cm³/mol. The third-order valence-corrected chi connectivity index (χ3v) is 1.07. The molecule has 1 aromatic rings. The first-order chi connectivity index (χ1) is 5.34. The van der Waals surface area contributed by atoms with Gasteiger partial charge in [0.2, 0.25) is 0 Å². The summed E-state index contributed by atoms with van der Waals surface area (Å²) in [6, 6.07) is 1.45. The van der Waals surface area contributed by atoms with E-state index in [0.29, 0.717) is 0 Å². The fraction of sp³-hybridized carbons (Fsp3) is 0.333. The Morgan fingerprint density at radius 3 is 3.18 bits per heavy atom. The molecule has 2 N–H and O–H groups in total. The minimum absolute atomic E-state index is 0.0798. The van der Waals surface area contributed by atoms with Gasteiger partial charge in [-0.05, 0) is 0 Å². The maximum atomic E-state index is 10.9. The highest BCUT2D eigenvalue weighted by atomic mass is 16.5. The molecule has 0 atom stereocenters. The third-order valence-electron chi connectivity index (χ3n) is 1.07. The zero-order chi connectivity index (χ0) is 8.10. The Morgan fingerprint density at radius 2 is 2.64 bits per heavy atom. The van der Waals surface area contributed by atoms with E-state index < -0.39 is 0 Å². The highest BCUT2D eigenvalue weighted by Crippen LogP contribution is 1.92. The molecule has 0 aliphatic heterocycles. The van der Waals surface area contributed by atoms with Gasteiger partial charge >= 0.3 is 0 Å². The number of hydrogen-bond donors (Lipinski definition) is 2. The molecule has 0 unspecified atom stereocenters. The number of carbonyl (C=O) groups is 1. The molecule has 0 saturated heterocycles. The van der Waals surface area contributed by atoms with Gasteiger partial charge in [-0.25, -0.2) is 0 Å². The van der Waals surface area contributed by atoms with Crippen molar-refractivity contribution < 1.29 is 14.4 Å². The van der Waals surface area contributed by atoms with Crippen LogP contribution in [0.5, 0.6) is 0 Å². The van der Waals surface area contributed by atoms with Gasteiger partial charge in [0, 0.05) is 12.6 Å². The minimum Gasteiger partial charge on any atom is -0.395 e. The molecule has 0 aliphatic rings. The van der Waals surface area contributed by atoms with Crippen molar-refractivity contribution in [2.45, 2.75) is 0 Å². The summed E-state index contributed by atoms with van der Waals surface area (Å²) in [5, 5.41) is 14.2. The lowest BCUT2D eigenvalue weighted by atomic mass is 10.4. The van der Waals surface area contributed by atoms with Crippen LogP contribution in [-0.4, -0.2) is 29.3 Å². The number of aliphatic hydroxyl groups excluding tert-OH is 1. The van der Waals surface area contributed by atoms with Crippen LogP contribution in [0.4, 0.5) is 0 Å². The van der Waals surface area contributed by atoms with E-state index in [4.69, 9.17) is 5.11 Å². The Labute approximate surface area is 63.0 Å². The van der Waals surface area contributed by atoms with E-state index in [-0.39, 0.29) is 24.8 Å². The molecule has 1 amide bonds. The van der Waals surface area contributed by atoms with Gasteiger partial charge in [-0.3, -0.25) is 4.79 Å². The predicted octanol–water partition coefficient (Wildman–Crippen LogP) is -0.603. The second-order valence-electron chi connectivity index (χ2n) is 1.86. The molecule has 0 spiro atoms. The van der Waals surface area contributed by atoms with E-state index in [1.165, 1.54) is 12.3 Å². The van der Waals surface area contributed by atoms with Gasteiger partial charge in [0.1, 0.15) is 6.26 Å². The zero-order valence-corrected chi connectivity index (χ0v) is 5.78. The Hall–Kier alpha value is -1.36. The van der Waals surface area contributed by atoms with Crippen LogP contribution in [0.15, 0.2) is 16.9 Å². The van der Waals surface area contributed by atoms with Gasteiger partial charge in [-0.15, -0.1) is 0 Å². The molecular formula is C6H8N2O3. The van der Waals surface area contributed by atoms with Crippen LogP contribution in [-0.2, 0) is 0 Å². The monoisotopic (exact) mass is 156 g/mol. The lowest BCUT2D eigenvalue weighted by molar-refractivity contribution is 0.0935. The van der Waals surface area contributed by atoms with Crippen LogP contribution in [0.3, 0.4) is 0 Å². The second-order valence-corrected chi connectivity index (χ2v) is 1.86. The summed E-state index contributed by atoms with van der Waals surface area (Å²) in [6.07, 6.45) is 1.31. The van der Waals surface area contributed by atoms with Gasteiger partial charge in [0.15, 0.2) is 5.69 Å². The largest absolute Gasteiger partial charge is 0.395 e. The van der Waals surface area contributed by atoms with Gasteiger partial charge in [0.25, 0.3) is 5.91 Å². The van der Waals surface area contributed by atoms with Gasteiger partial charge in [-0.1, -0.05) is 5.16 Å². The molecule has 1 heterocycles. The first-order valence-corrected chi connectivity index (χ1v) is 3.14. The van der Waals surface area contributed by atoms with Gasteiger partial charge < -0.3 is 14.9 Å². The molecule has 0 aliphatic carbocycles. The van der Waals surface area contributed by atoms with Crippen LogP contribution >= 0.6 is 0 Å². The van der Waals surface area contributed by atoms with Crippen molar-refractivity contribution in [2.24, 2.45) is 0 Å². The second kappa shape index (κ2) is 3.72. The van der Waals surface area contributed by atoms with Crippen molar-refractivity contribution in [2.75, 3.05) is 13.2 Å². The summed E-state index contributed by atoms with van der Waals surface area (Å²) in [5.41, 5.74) is 0.221. The topological polar surface area (TPSA) is 75.4 Å². The Morgan fingerprint density at radius 1 is 1.82 bits per heavy atom. The number of rotatable bonds is 3. The fourth-order valence-electron chi connectivity index (χ4n) is 0.590. The van der Waals surface area contributed by atoms with Crippen molar-refractivity contribution in [3.63, 3.8) is 0 Å². The van der Waals surface area contributed by atoms with Crippen molar-refractivity contribution in [3.8, 4) is 0 Å². The molecule has 1 rings (SSSR count). The molecule has 0 bridgehead atoms. The molecule has 5 heteroatoms. The van der Waals surface area contributed by atoms with E-state index in [1.807, 2.05) is 0 Å². The van der Waals surface area contributed by atoms with E-state index in [9.17, 15) is 4.79 Å². The quantitative estimate of drug-likeness (QED) is 0.612. The van der Waals surface area contributed by atoms with Crippen LogP contribution in [0.25, 0.3) is 0 Å². The fourth-order valence-corrected chi connectivity index (χ4v) is 0.590. The summed E-state index contributed by atoms with van der Waals surface area (Å²) < 4.78 is 4.44. The highest BCUT2D eigenvalue weighted by Gasteiger charge is 2.06. The van der Waals surface area contributed by atoms with Crippen molar-refractivity contribution >= 4 is 5.91 Å². The number of amides is 1. The standard InChI is InChI=1S/C6H8N2O3/c9-3-2-7-6(10)5-1-4-11-8-5/h1,4,9H,2-3H2,(H,7,10). The Balaban J connectivity index is 2.43. The average molecular weight is 156 g/mol. The third kappa shape index (κ3) is 2.05. The molecule has 11 heavy (non-hydrogen) atoms. The summed E-state index contributed by atoms with van der Waals surface area (Å²) in [5.74, 6) is -0.340. The van der Waals surface area contributed by atoms with Crippen molar-refractivity contribution in [3.05, 3.63) is 18.0 Å². The lowest BCUT2D eigenvalue weighted by Crippen LogP contribution is -2.26. The van der Waals surface area contributed by atoms with Crippen LogP contribution in [0, 0.1) is 0 Å². The summed E-state index contributed by atoms with van der Waals surface area (Å²) in [4.78, 5) is 10.9. The van der Waals surface area contributed by atoms with Gasteiger partial charge in [0.05, 0.1) is 6.61 Å². The highest BCUT2D eigenvalue weighted by molar-refractivity contribution is 5.91.